The number of hydrogen-bond acceptors (Lipinski definition) is 2. The number of aromatic nitrogens is 1. The van der Waals surface area contributed by atoms with Crippen molar-refractivity contribution in [3.63, 3.8) is 0 Å². The first-order valence-electron chi connectivity index (χ1n) is 6.69. The molecular weight excluding hydrogens is 238 g/mol. The second kappa shape index (κ2) is 4.22. The summed E-state index contributed by atoms with van der Waals surface area (Å²) in [6.45, 7) is 8.27. The molecule has 94 valence electrons. The molecule has 0 saturated heterocycles. The van der Waals surface area contributed by atoms with Crippen LogP contribution in [0.3, 0.4) is 0 Å². The maximum Gasteiger partial charge on any atom is 0.129 e. The fourth-order valence-corrected chi connectivity index (χ4v) is 3.13. The van der Waals surface area contributed by atoms with E-state index in [0.717, 1.165) is 18.7 Å². The lowest BCUT2D eigenvalue weighted by molar-refractivity contribution is 0.134. The summed E-state index contributed by atoms with van der Waals surface area (Å²) in [5, 5.41) is 0. The third kappa shape index (κ3) is 2.11. The Morgan fingerprint density at radius 2 is 1.83 bits per heavy atom. The zero-order valence-corrected chi connectivity index (χ0v) is 12.4. The normalized spacial score (nSPS) is 17.1. The smallest absolute Gasteiger partial charge is 0.129 e. The SMILES string of the molecule is C[Si](C)(C)C#Cc1nc2c(c3c1COC3)CCC2. The van der Waals surface area contributed by atoms with Crippen molar-refractivity contribution >= 4 is 8.07 Å². The van der Waals surface area contributed by atoms with Crippen LogP contribution in [0, 0.1) is 11.5 Å². The van der Waals surface area contributed by atoms with Crippen molar-refractivity contribution in [1.82, 2.24) is 4.98 Å². The van der Waals surface area contributed by atoms with Gasteiger partial charge in [0.25, 0.3) is 0 Å². The Labute approximate surface area is 110 Å². The lowest BCUT2D eigenvalue weighted by atomic mass is 10.0. The van der Waals surface area contributed by atoms with Crippen LogP contribution in [-0.4, -0.2) is 13.1 Å². The van der Waals surface area contributed by atoms with Crippen molar-refractivity contribution in [1.29, 1.82) is 0 Å². The summed E-state index contributed by atoms with van der Waals surface area (Å²) >= 11 is 0. The zero-order valence-electron chi connectivity index (χ0n) is 11.4. The molecule has 2 aliphatic rings. The Kier molecular flexibility index (Phi) is 2.80. The fraction of sp³-hybridized carbons (Fsp3) is 0.533. The number of pyridine rings is 1. The predicted molar refractivity (Wildman–Crippen MR) is 75.0 cm³/mol. The summed E-state index contributed by atoms with van der Waals surface area (Å²) < 4.78 is 5.62. The molecule has 0 aromatic carbocycles. The first kappa shape index (κ1) is 11.9. The van der Waals surface area contributed by atoms with Gasteiger partial charge in [-0.25, -0.2) is 4.98 Å². The summed E-state index contributed by atoms with van der Waals surface area (Å²) in [5.41, 5.74) is 9.82. The largest absolute Gasteiger partial charge is 0.372 e. The molecule has 1 aromatic rings. The van der Waals surface area contributed by atoms with Gasteiger partial charge in [-0.3, -0.25) is 0 Å². The van der Waals surface area contributed by atoms with Crippen molar-refractivity contribution < 1.29 is 4.74 Å². The summed E-state index contributed by atoms with van der Waals surface area (Å²) in [6.07, 6.45) is 3.53. The van der Waals surface area contributed by atoms with E-state index < -0.39 is 8.07 Å². The quantitative estimate of drug-likeness (QED) is 0.527. The molecule has 1 aliphatic carbocycles. The van der Waals surface area contributed by atoms with Gasteiger partial charge in [0.15, 0.2) is 0 Å². The van der Waals surface area contributed by atoms with E-state index in [4.69, 9.17) is 9.72 Å². The first-order valence-corrected chi connectivity index (χ1v) is 10.2. The molecule has 0 radical (unpaired) electrons. The minimum absolute atomic E-state index is 0.700. The molecule has 0 amide bonds. The number of aryl methyl sites for hydroxylation is 1. The highest BCUT2D eigenvalue weighted by Crippen LogP contribution is 2.32. The van der Waals surface area contributed by atoms with Crippen LogP contribution in [-0.2, 0) is 30.8 Å². The van der Waals surface area contributed by atoms with E-state index in [2.05, 4.69) is 31.1 Å². The molecule has 3 heteroatoms. The van der Waals surface area contributed by atoms with Crippen molar-refractivity contribution in [3.05, 3.63) is 28.1 Å². The van der Waals surface area contributed by atoms with E-state index in [0.29, 0.717) is 6.61 Å². The van der Waals surface area contributed by atoms with Gasteiger partial charge in [-0.05, 0) is 30.4 Å². The van der Waals surface area contributed by atoms with Gasteiger partial charge in [-0.2, -0.15) is 0 Å². The van der Waals surface area contributed by atoms with Gasteiger partial charge in [0, 0.05) is 11.3 Å². The standard InChI is InChI=1S/C15H19NOSi/c1-18(2,3)8-7-15-13-10-17-9-12(13)11-5-4-6-14(11)16-15/h4-6,9-10H2,1-3H3. The maximum absolute atomic E-state index is 5.62. The van der Waals surface area contributed by atoms with Gasteiger partial charge in [-0.1, -0.05) is 25.6 Å². The molecule has 0 N–H and O–H groups in total. The number of fused-ring (bicyclic) bond motifs is 3. The van der Waals surface area contributed by atoms with Crippen molar-refractivity contribution in [2.24, 2.45) is 0 Å². The van der Waals surface area contributed by atoms with Crippen LogP contribution in [0.5, 0.6) is 0 Å². The van der Waals surface area contributed by atoms with Gasteiger partial charge < -0.3 is 4.74 Å². The van der Waals surface area contributed by atoms with Crippen LogP contribution in [0.1, 0.15) is 34.5 Å². The Morgan fingerprint density at radius 1 is 1.06 bits per heavy atom. The second-order valence-corrected chi connectivity index (χ2v) is 10.9. The Bertz CT molecular complexity index is 561. The summed E-state index contributed by atoms with van der Waals surface area (Å²) in [6, 6.07) is 0. The van der Waals surface area contributed by atoms with Crippen molar-refractivity contribution in [2.45, 2.75) is 52.1 Å². The number of hydrogen-bond donors (Lipinski definition) is 0. The lowest BCUT2D eigenvalue weighted by Crippen LogP contribution is -2.16. The van der Waals surface area contributed by atoms with Crippen molar-refractivity contribution in [2.75, 3.05) is 0 Å². The first-order chi connectivity index (χ1) is 8.54. The van der Waals surface area contributed by atoms with Gasteiger partial charge in [0.2, 0.25) is 0 Å². The van der Waals surface area contributed by atoms with Gasteiger partial charge in [-0.15, -0.1) is 5.54 Å². The molecule has 0 spiro atoms. The molecule has 0 atom stereocenters. The molecule has 1 aromatic heterocycles. The van der Waals surface area contributed by atoms with Gasteiger partial charge in [0.1, 0.15) is 13.8 Å². The third-order valence-electron chi connectivity index (χ3n) is 3.50. The van der Waals surface area contributed by atoms with Crippen LogP contribution >= 0.6 is 0 Å². The van der Waals surface area contributed by atoms with Crippen LogP contribution in [0.4, 0.5) is 0 Å². The van der Waals surface area contributed by atoms with E-state index in [-0.39, 0.29) is 0 Å². The van der Waals surface area contributed by atoms with Crippen LogP contribution in [0.2, 0.25) is 19.6 Å². The summed E-state index contributed by atoms with van der Waals surface area (Å²) in [7, 11) is -1.34. The van der Waals surface area contributed by atoms with Gasteiger partial charge in [0.05, 0.1) is 13.2 Å². The highest BCUT2D eigenvalue weighted by atomic mass is 28.3. The molecule has 0 fully saturated rings. The van der Waals surface area contributed by atoms with E-state index in [1.165, 1.54) is 35.2 Å². The number of ether oxygens (including phenoxy) is 1. The average molecular weight is 257 g/mol. The zero-order chi connectivity index (χ0) is 12.8. The number of nitrogens with zero attached hydrogens (tertiary/aromatic N) is 1. The fourth-order valence-electron chi connectivity index (χ4n) is 2.64. The topological polar surface area (TPSA) is 22.1 Å². The molecule has 18 heavy (non-hydrogen) atoms. The Morgan fingerprint density at radius 3 is 2.61 bits per heavy atom. The molecule has 2 nitrogen and oxygen atoms in total. The molecular formula is C15H19NOSi. The molecule has 0 bridgehead atoms. The Hall–Kier alpha value is -1.11. The predicted octanol–water partition coefficient (Wildman–Crippen LogP) is 2.83. The molecule has 0 saturated carbocycles. The summed E-state index contributed by atoms with van der Waals surface area (Å²) in [4.78, 5) is 4.80. The monoisotopic (exact) mass is 257 g/mol. The molecule has 3 rings (SSSR count). The Balaban J connectivity index is 2.11. The average Bonchev–Trinajstić information content (AvgIpc) is 2.91. The minimum atomic E-state index is -1.34. The van der Waals surface area contributed by atoms with Crippen LogP contribution < -0.4 is 0 Å². The molecule has 0 unspecified atom stereocenters. The van der Waals surface area contributed by atoms with E-state index >= 15 is 0 Å². The van der Waals surface area contributed by atoms with Crippen LogP contribution in [0.15, 0.2) is 0 Å². The number of rotatable bonds is 0. The highest BCUT2D eigenvalue weighted by Gasteiger charge is 2.25. The third-order valence-corrected chi connectivity index (χ3v) is 4.37. The van der Waals surface area contributed by atoms with E-state index in [9.17, 15) is 0 Å². The van der Waals surface area contributed by atoms with Gasteiger partial charge >= 0.3 is 0 Å². The molecule has 2 heterocycles. The lowest BCUT2D eigenvalue weighted by Gasteiger charge is -2.08. The second-order valence-electron chi connectivity index (χ2n) is 6.19. The minimum Gasteiger partial charge on any atom is -0.372 e. The van der Waals surface area contributed by atoms with E-state index in [1.54, 1.807) is 0 Å². The highest BCUT2D eigenvalue weighted by molar-refractivity contribution is 6.83. The van der Waals surface area contributed by atoms with E-state index in [1.807, 2.05) is 0 Å². The van der Waals surface area contributed by atoms with Crippen LogP contribution in [0.25, 0.3) is 0 Å². The molecule has 1 aliphatic heterocycles. The summed E-state index contributed by atoms with van der Waals surface area (Å²) in [5.74, 6) is 3.34. The van der Waals surface area contributed by atoms with Crippen molar-refractivity contribution in [3.8, 4) is 11.5 Å². The maximum atomic E-state index is 5.62.